The number of imidazole rings is 1. The molecule has 0 spiro atoms. The van der Waals surface area contributed by atoms with Crippen LogP contribution in [0.15, 0.2) is 54.7 Å². The lowest BCUT2D eigenvalue weighted by molar-refractivity contribution is -0.140. The smallest absolute Gasteiger partial charge is 0.305 e. The van der Waals surface area contributed by atoms with Crippen molar-refractivity contribution in [2.75, 3.05) is 21.2 Å². The first-order chi connectivity index (χ1) is 13.5. The Morgan fingerprint density at radius 2 is 1.61 bits per heavy atom. The fraction of sp³-hybridized carbons (Fsp3) is 0.304. The van der Waals surface area contributed by atoms with Crippen LogP contribution in [0.4, 0.5) is 0 Å². The van der Waals surface area contributed by atoms with Crippen molar-refractivity contribution in [2.24, 2.45) is 7.05 Å². The first kappa shape index (κ1) is 19.8. The summed E-state index contributed by atoms with van der Waals surface area (Å²) in [4.78, 5) is 18.3. The molecule has 0 aliphatic carbocycles. The number of hydrogen-bond donors (Lipinski definition) is 0. The van der Waals surface area contributed by atoms with E-state index in [-0.39, 0.29) is 5.97 Å². The summed E-state index contributed by atoms with van der Waals surface area (Å²) >= 11 is 0. The van der Waals surface area contributed by atoms with E-state index in [1.165, 1.54) is 12.7 Å². The van der Waals surface area contributed by atoms with Gasteiger partial charge in [-0.25, -0.2) is 4.98 Å². The fourth-order valence-electron chi connectivity index (χ4n) is 3.19. The molecule has 28 heavy (non-hydrogen) atoms. The predicted octanol–water partition coefficient (Wildman–Crippen LogP) is 3.92. The van der Waals surface area contributed by atoms with Crippen LogP contribution in [0.2, 0.25) is 0 Å². The summed E-state index contributed by atoms with van der Waals surface area (Å²) in [7, 11) is 7.57. The molecule has 0 atom stereocenters. The molecular formula is C23H27N3O2. The van der Waals surface area contributed by atoms with E-state index in [0.29, 0.717) is 12.8 Å². The molecule has 0 bridgehead atoms. The number of ether oxygens (including phenoxy) is 1. The van der Waals surface area contributed by atoms with Crippen LogP contribution < -0.4 is 0 Å². The maximum Gasteiger partial charge on any atom is 0.305 e. The Labute approximate surface area is 166 Å². The molecular weight excluding hydrogens is 350 g/mol. The number of carbonyl (C=O) groups is 1. The third-order valence-electron chi connectivity index (χ3n) is 4.68. The second-order valence-electron chi connectivity index (χ2n) is 7.27. The van der Waals surface area contributed by atoms with Gasteiger partial charge in [-0.1, -0.05) is 48.5 Å². The normalized spacial score (nSPS) is 11.0. The second kappa shape index (κ2) is 8.85. The van der Waals surface area contributed by atoms with Crippen molar-refractivity contribution >= 4 is 5.97 Å². The monoisotopic (exact) mass is 377 g/mol. The van der Waals surface area contributed by atoms with E-state index in [0.717, 1.165) is 34.8 Å². The third kappa shape index (κ3) is 4.87. The van der Waals surface area contributed by atoms with E-state index >= 15 is 0 Å². The summed E-state index contributed by atoms with van der Waals surface area (Å²) in [5.41, 5.74) is 5.52. The van der Waals surface area contributed by atoms with Gasteiger partial charge >= 0.3 is 5.97 Å². The van der Waals surface area contributed by atoms with Gasteiger partial charge in [0.2, 0.25) is 0 Å². The molecule has 0 saturated heterocycles. The van der Waals surface area contributed by atoms with E-state index in [2.05, 4.69) is 61.6 Å². The van der Waals surface area contributed by atoms with Crippen LogP contribution in [-0.4, -0.2) is 41.6 Å². The Hall–Kier alpha value is -2.92. The molecule has 0 amide bonds. The largest absolute Gasteiger partial charge is 0.469 e. The number of esters is 1. The maximum absolute atomic E-state index is 11.3. The SMILES string of the molecule is COC(=O)CCc1ccc(-c2nc(-c3ccc(CN(C)C)cc3)cn2C)cc1. The molecule has 5 nitrogen and oxygen atoms in total. The standard InChI is InChI=1S/C23H27N3O2/c1-25(2)15-18-7-10-19(11-8-18)21-16-26(3)23(24-21)20-12-5-17(6-13-20)9-14-22(27)28-4/h5-8,10-13,16H,9,14-15H2,1-4H3. The van der Waals surface area contributed by atoms with Crippen molar-refractivity contribution in [1.29, 1.82) is 0 Å². The first-order valence-corrected chi connectivity index (χ1v) is 9.40. The molecule has 3 rings (SSSR count). The summed E-state index contributed by atoms with van der Waals surface area (Å²) < 4.78 is 6.75. The molecule has 0 radical (unpaired) electrons. The van der Waals surface area contributed by atoms with Crippen molar-refractivity contribution in [3.8, 4) is 22.6 Å². The quantitative estimate of drug-likeness (QED) is 0.586. The molecule has 0 N–H and O–H groups in total. The van der Waals surface area contributed by atoms with E-state index in [9.17, 15) is 4.79 Å². The lowest BCUT2D eigenvalue weighted by atomic mass is 10.1. The topological polar surface area (TPSA) is 47.4 Å². The number of rotatable bonds is 7. The van der Waals surface area contributed by atoms with E-state index in [4.69, 9.17) is 9.72 Å². The van der Waals surface area contributed by atoms with Crippen molar-refractivity contribution < 1.29 is 9.53 Å². The number of benzene rings is 2. The highest BCUT2D eigenvalue weighted by Gasteiger charge is 2.10. The van der Waals surface area contributed by atoms with Crippen LogP contribution in [0.1, 0.15) is 17.5 Å². The maximum atomic E-state index is 11.3. The highest BCUT2D eigenvalue weighted by molar-refractivity contribution is 5.69. The van der Waals surface area contributed by atoms with Gasteiger partial charge in [-0.15, -0.1) is 0 Å². The van der Waals surface area contributed by atoms with Crippen molar-refractivity contribution in [3.63, 3.8) is 0 Å². The molecule has 0 aliphatic rings. The van der Waals surface area contributed by atoms with Crippen molar-refractivity contribution in [1.82, 2.24) is 14.5 Å². The Morgan fingerprint density at radius 3 is 2.21 bits per heavy atom. The molecule has 1 aromatic heterocycles. The van der Waals surface area contributed by atoms with Crippen molar-refractivity contribution in [2.45, 2.75) is 19.4 Å². The zero-order valence-corrected chi connectivity index (χ0v) is 17.0. The van der Waals surface area contributed by atoms with Gasteiger partial charge in [-0.3, -0.25) is 4.79 Å². The highest BCUT2D eigenvalue weighted by Crippen LogP contribution is 2.25. The molecule has 5 heteroatoms. The van der Waals surface area contributed by atoms with E-state index in [1.54, 1.807) is 0 Å². The van der Waals surface area contributed by atoms with Gasteiger partial charge in [-0.2, -0.15) is 0 Å². The molecule has 0 fully saturated rings. The van der Waals surface area contributed by atoms with Gasteiger partial charge in [-0.05, 0) is 31.6 Å². The van der Waals surface area contributed by atoms with Gasteiger partial charge in [0.25, 0.3) is 0 Å². The molecule has 0 unspecified atom stereocenters. The summed E-state index contributed by atoms with van der Waals surface area (Å²) in [5.74, 6) is 0.737. The van der Waals surface area contributed by atoms with Crippen LogP contribution >= 0.6 is 0 Å². The molecule has 2 aromatic carbocycles. The van der Waals surface area contributed by atoms with E-state index < -0.39 is 0 Å². The Morgan fingerprint density at radius 1 is 1.00 bits per heavy atom. The van der Waals surface area contributed by atoms with Crippen LogP contribution in [0.3, 0.4) is 0 Å². The minimum Gasteiger partial charge on any atom is -0.469 e. The third-order valence-corrected chi connectivity index (χ3v) is 4.68. The lowest BCUT2D eigenvalue weighted by Gasteiger charge is -2.09. The molecule has 0 aliphatic heterocycles. The van der Waals surface area contributed by atoms with Crippen LogP contribution in [0.5, 0.6) is 0 Å². The minimum atomic E-state index is -0.186. The number of hydrogen-bond acceptors (Lipinski definition) is 4. The fourth-order valence-corrected chi connectivity index (χ4v) is 3.19. The van der Waals surface area contributed by atoms with Crippen molar-refractivity contribution in [3.05, 3.63) is 65.9 Å². The van der Waals surface area contributed by atoms with Gasteiger partial charge in [0.1, 0.15) is 5.82 Å². The van der Waals surface area contributed by atoms with Gasteiger partial charge < -0.3 is 14.2 Å². The average Bonchev–Trinajstić information content (AvgIpc) is 3.08. The number of aromatic nitrogens is 2. The Balaban J connectivity index is 1.75. The zero-order valence-electron chi connectivity index (χ0n) is 17.0. The Kier molecular flexibility index (Phi) is 6.26. The number of nitrogens with zero attached hydrogens (tertiary/aromatic N) is 3. The summed E-state index contributed by atoms with van der Waals surface area (Å²) in [6, 6.07) is 16.8. The second-order valence-corrected chi connectivity index (χ2v) is 7.27. The number of carbonyl (C=O) groups excluding carboxylic acids is 1. The minimum absolute atomic E-state index is 0.186. The van der Waals surface area contributed by atoms with E-state index in [1.807, 2.05) is 23.7 Å². The van der Waals surface area contributed by atoms with Crippen LogP contribution in [0, 0.1) is 0 Å². The summed E-state index contributed by atoms with van der Waals surface area (Å²) in [5, 5.41) is 0. The highest BCUT2D eigenvalue weighted by atomic mass is 16.5. The number of methoxy groups -OCH3 is 1. The van der Waals surface area contributed by atoms with Crippen LogP contribution in [0.25, 0.3) is 22.6 Å². The molecule has 146 valence electrons. The van der Waals surface area contributed by atoms with Gasteiger partial charge in [0, 0.05) is 37.3 Å². The average molecular weight is 377 g/mol. The summed E-state index contributed by atoms with van der Waals surface area (Å²) in [6.45, 7) is 0.927. The number of aryl methyl sites for hydroxylation is 2. The van der Waals surface area contributed by atoms with Gasteiger partial charge in [0.05, 0.1) is 12.8 Å². The zero-order chi connectivity index (χ0) is 20.1. The molecule has 3 aromatic rings. The van der Waals surface area contributed by atoms with Gasteiger partial charge in [0.15, 0.2) is 0 Å². The Bertz CT molecular complexity index is 925. The lowest BCUT2D eigenvalue weighted by Crippen LogP contribution is -2.10. The molecule has 1 heterocycles. The molecule has 0 saturated carbocycles. The summed E-state index contributed by atoms with van der Waals surface area (Å²) in [6.07, 6.45) is 3.13. The predicted molar refractivity (Wildman–Crippen MR) is 112 cm³/mol. The first-order valence-electron chi connectivity index (χ1n) is 9.40. The van der Waals surface area contributed by atoms with Crippen LogP contribution in [-0.2, 0) is 29.5 Å².